The molecule has 0 radical (unpaired) electrons. The number of aromatic nitrogens is 1. The molecule has 0 fully saturated rings. The number of halogens is 4. The zero-order valence-electron chi connectivity index (χ0n) is 19.8. The largest absolute Gasteiger partial charge is 0.350 e. The van der Waals surface area contributed by atoms with E-state index in [9.17, 15) is 13.6 Å². The lowest BCUT2D eigenvalue weighted by Crippen LogP contribution is -2.38. The second kappa shape index (κ2) is 12.8. The molecule has 5 nitrogen and oxygen atoms in total. The third-order valence-corrected chi connectivity index (χ3v) is 5.85. The van der Waals surface area contributed by atoms with Gasteiger partial charge in [-0.2, -0.15) is 0 Å². The summed E-state index contributed by atoms with van der Waals surface area (Å²) in [6.07, 6.45) is 1.48. The molecule has 9 heteroatoms. The van der Waals surface area contributed by atoms with Crippen molar-refractivity contribution in [2.24, 2.45) is 11.5 Å². The molecule has 0 aliphatic carbocycles. The van der Waals surface area contributed by atoms with E-state index in [0.717, 1.165) is 28.5 Å². The predicted molar refractivity (Wildman–Crippen MR) is 147 cm³/mol. The van der Waals surface area contributed by atoms with E-state index in [1.54, 1.807) is 24.3 Å². The van der Waals surface area contributed by atoms with E-state index in [1.807, 2.05) is 25.1 Å². The van der Waals surface area contributed by atoms with Crippen molar-refractivity contribution in [3.63, 3.8) is 0 Å². The Hall–Kier alpha value is -2.97. The van der Waals surface area contributed by atoms with Gasteiger partial charge in [0.15, 0.2) is 0 Å². The van der Waals surface area contributed by atoms with Crippen molar-refractivity contribution < 1.29 is 13.6 Å². The molecule has 192 valence electrons. The fourth-order valence-corrected chi connectivity index (χ4v) is 4.00. The highest BCUT2D eigenvalue weighted by molar-refractivity contribution is 6.10. The summed E-state index contributed by atoms with van der Waals surface area (Å²) in [5, 5.41) is 3.73. The lowest BCUT2D eigenvalue weighted by atomic mass is 9.99. The van der Waals surface area contributed by atoms with Crippen LogP contribution in [-0.4, -0.2) is 29.5 Å². The highest BCUT2D eigenvalue weighted by Crippen LogP contribution is 2.35. The summed E-state index contributed by atoms with van der Waals surface area (Å²) >= 11 is 0. The monoisotopic (exact) mass is 534 g/mol. The van der Waals surface area contributed by atoms with Crippen LogP contribution in [0, 0.1) is 11.6 Å². The number of H-pyrrole nitrogens is 1. The summed E-state index contributed by atoms with van der Waals surface area (Å²) in [4.78, 5) is 16.4. The Kier molecular flexibility index (Phi) is 10.4. The van der Waals surface area contributed by atoms with Crippen molar-refractivity contribution in [1.82, 2.24) is 10.3 Å². The number of nitrogens with two attached hydrogens (primary N) is 2. The number of carbonyl (C=O) groups is 1. The topological polar surface area (TPSA) is 96.9 Å². The van der Waals surface area contributed by atoms with Crippen LogP contribution in [0.5, 0.6) is 0 Å². The number of carbonyl (C=O) groups excluding carboxylic acids is 1. The van der Waals surface area contributed by atoms with Gasteiger partial charge in [-0.3, -0.25) is 4.79 Å². The highest BCUT2D eigenvalue weighted by atomic mass is 35.5. The van der Waals surface area contributed by atoms with E-state index in [-0.39, 0.29) is 54.4 Å². The summed E-state index contributed by atoms with van der Waals surface area (Å²) in [5.74, 6) is -0.954. The first-order valence-corrected chi connectivity index (χ1v) is 11.3. The standard InChI is InChI=1S/C27H28F2N4O.2ClH/c1-16(30)2-12-22(31)15-32-27(34)26-25(18-5-10-21(29)11-6-18)23-13-7-19(14-24(23)33-26)17-3-8-20(28)9-4-17;;/h3-11,13-14,16,22,33H,2,12,15,30-31H2,1H3,(H,32,34);2*1H/t16?,22-;;/m0../s1. The SMILES string of the molecule is CC(N)CC[C@H](N)CNC(=O)c1[nH]c2cc(-c3ccc(F)cc3)ccc2c1-c1ccc(F)cc1.Cl.Cl. The first-order valence-electron chi connectivity index (χ1n) is 11.3. The second-order valence-corrected chi connectivity index (χ2v) is 8.67. The van der Waals surface area contributed by atoms with Crippen LogP contribution in [0.2, 0.25) is 0 Å². The molecule has 0 saturated heterocycles. The molecule has 1 amide bonds. The lowest BCUT2D eigenvalue weighted by Gasteiger charge is -2.14. The highest BCUT2D eigenvalue weighted by Gasteiger charge is 2.20. The molecular weight excluding hydrogens is 505 g/mol. The summed E-state index contributed by atoms with van der Waals surface area (Å²) < 4.78 is 26.9. The third-order valence-electron chi connectivity index (χ3n) is 5.85. The summed E-state index contributed by atoms with van der Waals surface area (Å²) in [6, 6.07) is 17.9. The minimum absolute atomic E-state index is 0. The van der Waals surface area contributed by atoms with Gasteiger partial charge in [-0.15, -0.1) is 24.8 Å². The van der Waals surface area contributed by atoms with Gasteiger partial charge < -0.3 is 21.8 Å². The Labute approximate surface area is 221 Å². The van der Waals surface area contributed by atoms with Crippen LogP contribution >= 0.6 is 24.8 Å². The lowest BCUT2D eigenvalue weighted by molar-refractivity contribution is 0.0947. The Morgan fingerprint density at radius 1 is 0.861 bits per heavy atom. The van der Waals surface area contributed by atoms with E-state index in [4.69, 9.17) is 11.5 Å². The maximum atomic E-state index is 13.6. The number of fused-ring (bicyclic) bond motifs is 1. The average Bonchev–Trinajstić information content (AvgIpc) is 3.21. The van der Waals surface area contributed by atoms with Gasteiger partial charge in [0.1, 0.15) is 17.3 Å². The zero-order chi connectivity index (χ0) is 24.2. The smallest absolute Gasteiger partial charge is 0.268 e. The predicted octanol–water partition coefficient (Wildman–Crippen LogP) is 5.81. The first kappa shape index (κ1) is 29.3. The minimum Gasteiger partial charge on any atom is -0.350 e. The minimum atomic E-state index is -0.353. The normalized spacial score (nSPS) is 12.4. The molecule has 0 aliphatic heterocycles. The Morgan fingerprint density at radius 2 is 1.42 bits per heavy atom. The van der Waals surface area contributed by atoms with Crippen molar-refractivity contribution in [1.29, 1.82) is 0 Å². The van der Waals surface area contributed by atoms with Crippen LogP contribution in [-0.2, 0) is 0 Å². The van der Waals surface area contributed by atoms with E-state index in [2.05, 4.69) is 10.3 Å². The van der Waals surface area contributed by atoms with Gasteiger partial charge in [0.2, 0.25) is 0 Å². The molecule has 0 spiro atoms. The molecule has 1 aromatic heterocycles. The van der Waals surface area contributed by atoms with Gasteiger partial charge in [-0.1, -0.05) is 36.4 Å². The number of nitrogens with one attached hydrogen (secondary N) is 2. The van der Waals surface area contributed by atoms with Gasteiger partial charge in [0.05, 0.1) is 0 Å². The van der Waals surface area contributed by atoms with E-state index >= 15 is 0 Å². The van der Waals surface area contributed by atoms with Crippen molar-refractivity contribution in [3.8, 4) is 22.3 Å². The Bertz CT molecular complexity index is 1290. The summed E-state index contributed by atoms with van der Waals surface area (Å²) in [6.45, 7) is 2.23. The molecule has 1 heterocycles. The molecule has 1 unspecified atom stereocenters. The fourth-order valence-electron chi connectivity index (χ4n) is 4.00. The molecule has 3 aromatic carbocycles. The number of hydrogen-bond acceptors (Lipinski definition) is 3. The Morgan fingerprint density at radius 3 is 2.00 bits per heavy atom. The third kappa shape index (κ3) is 6.83. The summed E-state index contributed by atoms with van der Waals surface area (Å²) in [5.41, 5.74) is 16.2. The van der Waals surface area contributed by atoms with Crippen LogP contribution < -0.4 is 16.8 Å². The van der Waals surface area contributed by atoms with Crippen LogP contribution in [0.1, 0.15) is 30.3 Å². The number of benzene rings is 3. The van der Waals surface area contributed by atoms with Crippen molar-refractivity contribution in [2.75, 3.05) is 6.54 Å². The van der Waals surface area contributed by atoms with Crippen LogP contribution in [0.15, 0.2) is 66.7 Å². The molecule has 0 bridgehead atoms. The molecule has 6 N–H and O–H groups in total. The molecule has 4 rings (SSSR count). The molecular formula is C27H30Cl2F2N4O. The molecule has 0 aliphatic rings. The number of amides is 1. The van der Waals surface area contributed by atoms with E-state index in [0.29, 0.717) is 29.8 Å². The number of aromatic amines is 1. The van der Waals surface area contributed by atoms with Crippen LogP contribution in [0.25, 0.3) is 33.2 Å². The second-order valence-electron chi connectivity index (χ2n) is 8.67. The van der Waals surface area contributed by atoms with Gasteiger partial charge in [0.25, 0.3) is 5.91 Å². The van der Waals surface area contributed by atoms with Crippen molar-refractivity contribution in [3.05, 3.63) is 84.1 Å². The molecule has 4 aromatic rings. The van der Waals surface area contributed by atoms with Gasteiger partial charge in [-0.25, -0.2) is 8.78 Å². The maximum absolute atomic E-state index is 13.6. The Balaban J connectivity index is 0.00000228. The van der Waals surface area contributed by atoms with E-state index < -0.39 is 0 Å². The van der Waals surface area contributed by atoms with Gasteiger partial charge in [-0.05, 0) is 66.8 Å². The maximum Gasteiger partial charge on any atom is 0.268 e. The number of rotatable bonds is 8. The first-order chi connectivity index (χ1) is 16.3. The van der Waals surface area contributed by atoms with Crippen LogP contribution in [0.3, 0.4) is 0 Å². The summed E-state index contributed by atoms with van der Waals surface area (Å²) in [7, 11) is 0. The fraction of sp³-hybridized carbons (Fsp3) is 0.222. The average molecular weight is 535 g/mol. The van der Waals surface area contributed by atoms with Gasteiger partial charge in [0, 0.05) is 35.1 Å². The molecule has 0 saturated carbocycles. The molecule has 2 atom stereocenters. The van der Waals surface area contributed by atoms with E-state index in [1.165, 1.54) is 24.3 Å². The quantitative estimate of drug-likeness (QED) is 0.229. The molecule has 36 heavy (non-hydrogen) atoms. The van der Waals surface area contributed by atoms with Gasteiger partial charge >= 0.3 is 0 Å². The van der Waals surface area contributed by atoms with Crippen LogP contribution in [0.4, 0.5) is 8.78 Å². The zero-order valence-corrected chi connectivity index (χ0v) is 21.4. The van der Waals surface area contributed by atoms with Crippen molar-refractivity contribution in [2.45, 2.75) is 31.8 Å². The van der Waals surface area contributed by atoms with Crippen molar-refractivity contribution >= 4 is 41.6 Å². The number of hydrogen-bond donors (Lipinski definition) is 4.